The molecule has 0 aliphatic carbocycles. The van der Waals surface area contributed by atoms with E-state index in [1.54, 1.807) is 0 Å². The minimum absolute atomic E-state index is 0.870. The molecule has 2 heterocycles. The first-order valence-electron chi connectivity index (χ1n) is 20.1. The molecule has 274 valence electrons. The van der Waals surface area contributed by atoms with Gasteiger partial charge in [0, 0.05) is 32.5 Å². The lowest BCUT2D eigenvalue weighted by Gasteiger charge is -2.12. The largest absolute Gasteiger partial charge is 0.309 e. The van der Waals surface area contributed by atoms with Crippen LogP contribution < -0.4 is 0 Å². The van der Waals surface area contributed by atoms with Gasteiger partial charge in [0.1, 0.15) is 0 Å². The molecule has 10 aromatic carbocycles. The molecule has 0 spiro atoms. The Bertz CT molecular complexity index is 3560. The van der Waals surface area contributed by atoms with Crippen molar-refractivity contribution in [1.29, 1.82) is 0 Å². The fraction of sp³-hybridized carbons (Fsp3) is 0. The van der Waals surface area contributed by atoms with Crippen molar-refractivity contribution < 1.29 is 0 Å². The summed E-state index contributed by atoms with van der Waals surface area (Å²) >= 11 is 0. The van der Waals surface area contributed by atoms with Crippen molar-refractivity contribution in [3.63, 3.8) is 0 Å². The highest BCUT2D eigenvalue weighted by molar-refractivity contribution is 6.23. The number of hydrogen-bond donors (Lipinski definition) is 0. The van der Waals surface area contributed by atoms with Crippen molar-refractivity contribution in [2.24, 2.45) is 0 Å². The summed E-state index contributed by atoms with van der Waals surface area (Å²) in [5, 5.41) is 9.65. The number of rotatable bonds is 5. The summed E-state index contributed by atoms with van der Waals surface area (Å²) < 4.78 is 2.42. The molecule has 0 fully saturated rings. The van der Waals surface area contributed by atoms with Gasteiger partial charge in [-0.1, -0.05) is 176 Å². The third-order valence-electron chi connectivity index (χ3n) is 12.0. The van der Waals surface area contributed by atoms with E-state index in [1.807, 2.05) is 6.20 Å². The SMILES string of the molecule is c1cc(-c2ccc(-c3ccc(-c4cnc5c6ccccc6c6ccccc6c5n4)cc3)cc2)cc(-c2ccc3c(c2)c2ccccc2n3-c2cccc3ccccc23)c1. The van der Waals surface area contributed by atoms with Gasteiger partial charge in [-0.2, -0.15) is 0 Å². The van der Waals surface area contributed by atoms with Gasteiger partial charge in [-0.25, -0.2) is 4.98 Å². The zero-order chi connectivity index (χ0) is 38.9. The third-order valence-corrected chi connectivity index (χ3v) is 12.0. The predicted octanol–water partition coefficient (Wildman–Crippen LogP) is 14.9. The average molecular weight is 750 g/mol. The van der Waals surface area contributed by atoms with Gasteiger partial charge < -0.3 is 4.57 Å². The summed E-state index contributed by atoms with van der Waals surface area (Å²) in [5.74, 6) is 0. The van der Waals surface area contributed by atoms with Crippen molar-refractivity contribution in [3.8, 4) is 50.3 Å². The van der Waals surface area contributed by atoms with E-state index in [4.69, 9.17) is 9.97 Å². The van der Waals surface area contributed by atoms with Gasteiger partial charge in [0.2, 0.25) is 0 Å². The maximum Gasteiger partial charge on any atom is 0.0979 e. The van der Waals surface area contributed by atoms with Crippen LogP contribution in [0.4, 0.5) is 0 Å². The summed E-state index contributed by atoms with van der Waals surface area (Å²) in [4.78, 5) is 10.2. The van der Waals surface area contributed by atoms with Crippen molar-refractivity contribution >= 4 is 65.2 Å². The van der Waals surface area contributed by atoms with E-state index in [0.29, 0.717) is 0 Å². The zero-order valence-electron chi connectivity index (χ0n) is 32.0. The normalized spacial score (nSPS) is 11.7. The molecule has 0 saturated carbocycles. The minimum Gasteiger partial charge on any atom is -0.309 e. The molecule has 0 atom stereocenters. The number of para-hydroxylation sites is 1. The second-order valence-corrected chi connectivity index (χ2v) is 15.4. The molecule has 3 heteroatoms. The highest BCUT2D eigenvalue weighted by atomic mass is 15.0. The van der Waals surface area contributed by atoms with Gasteiger partial charge in [0.15, 0.2) is 0 Å². The van der Waals surface area contributed by atoms with Crippen LogP contribution >= 0.6 is 0 Å². The van der Waals surface area contributed by atoms with E-state index in [-0.39, 0.29) is 0 Å². The molecule has 0 N–H and O–H groups in total. The van der Waals surface area contributed by atoms with Crippen LogP contribution in [-0.2, 0) is 0 Å². The molecule has 12 aromatic rings. The molecule has 0 radical (unpaired) electrons. The number of benzene rings is 10. The fourth-order valence-electron chi connectivity index (χ4n) is 9.14. The predicted molar refractivity (Wildman–Crippen MR) is 248 cm³/mol. The van der Waals surface area contributed by atoms with Gasteiger partial charge in [0.25, 0.3) is 0 Å². The molecule has 0 aliphatic heterocycles. The molecular weight excluding hydrogens is 715 g/mol. The molecule has 12 rings (SSSR count). The van der Waals surface area contributed by atoms with E-state index in [2.05, 4.69) is 211 Å². The molecule has 2 aromatic heterocycles. The van der Waals surface area contributed by atoms with Crippen molar-refractivity contribution in [1.82, 2.24) is 14.5 Å². The second kappa shape index (κ2) is 13.4. The van der Waals surface area contributed by atoms with Crippen LogP contribution in [0.2, 0.25) is 0 Å². The maximum absolute atomic E-state index is 5.19. The molecule has 0 unspecified atom stereocenters. The molecule has 0 saturated heterocycles. The summed E-state index contributed by atoms with van der Waals surface area (Å²) in [6, 6.07) is 74.3. The molecule has 0 bridgehead atoms. The lowest BCUT2D eigenvalue weighted by atomic mass is 9.96. The van der Waals surface area contributed by atoms with E-state index >= 15 is 0 Å². The van der Waals surface area contributed by atoms with E-state index in [0.717, 1.165) is 38.6 Å². The Hall–Kier alpha value is -7.88. The number of hydrogen-bond acceptors (Lipinski definition) is 2. The van der Waals surface area contributed by atoms with E-state index < -0.39 is 0 Å². The first-order valence-corrected chi connectivity index (χ1v) is 20.1. The van der Waals surface area contributed by atoms with Crippen LogP contribution in [0, 0.1) is 0 Å². The fourth-order valence-corrected chi connectivity index (χ4v) is 9.14. The number of nitrogens with zero attached hydrogens (tertiary/aromatic N) is 3. The van der Waals surface area contributed by atoms with Crippen LogP contribution in [0.1, 0.15) is 0 Å². The lowest BCUT2D eigenvalue weighted by molar-refractivity contribution is 1.20. The zero-order valence-corrected chi connectivity index (χ0v) is 32.0. The molecule has 3 nitrogen and oxygen atoms in total. The summed E-state index contributed by atoms with van der Waals surface area (Å²) in [5.41, 5.74) is 14.5. The smallest absolute Gasteiger partial charge is 0.0979 e. The third kappa shape index (κ3) is 5.44. The number of aromatic nitrogens is 3. The highest BCUT2D eigenvalue weighted by Crippen LogP contribution is 2.38. The van der Waals surface area contributed by atoms with Crippen LogP contribution in [0.15, 0.2) is 212 Å². The van der Waals surface area contributed by atoms with E-state index in [9.17, 15) is 0 Å². The topological polar surface area (TPSA) is 30.7 Å². The Labute approximate surface area is 341 Å². The van der Waals surface area contributed by atoms with Crippen LogP contribution in [-0.4, -0.2) is 14.5 Å². The van der Waals surface area contributed by atoms with Gasteiger partial charge in [-0.15, -0.1) is 0 Å². The Morgan fingerprint density at radius 2 is 0.797 bits per heavy atom. The monoisotopic (exact) mass is 749 g/mol. The quantitative estimate of drug-likeness (QED) is 0.164. The Morgan fingerprint density at radius 1 is 0.305 bits per heavy atom. The Morgan fingerprint density at radius 3 is 1.53 bits per heavy atom. The van der Waals surface area contributed by atoms with Crippen LogP contribution in [0.25, 0.3) is 115 Å². The second-order valence-electron chi connectivity index (χ2n) is 15.4. The standard InChI is InChI=1S/C56H35N3/c1-2-15-44-39(11-1)12-10-22-52(44)59-53-21-8-7-18-47(53)50-34-43(31-32-54(50)59)42-14-9-13-41(33-42)38-25-23-36(24-26-38)37-27-29-40(30-28-37)51-35-57-55-48-19-5-3-16-45(48)46-17-4-6-20-49(46)56(55)58-51/h1-35H. The first-order chi connectivity index (χ1) is 29.2. The maximum atomic E-state index is 5.19. The Kier molecular flexibility index (Phi) is 7.54. The Balaban J connectivity index is 0.848. The minimum atomic E-state index is 0.870. The molecule has 0 amide bonds. The summed E-state index contributed by atoms with van der Waals surface area (Å²) in [6.45, 7) is 0. The van der Waals surface area contributed by atoms with Gasteiger partial charge in [-0.3, -0.25) is 4.98 Å². The van der Waals surface area contributed by atoms with Crippen LogP contribution in [0.3, 0.4) is 0 Å². The van der Waals surface area contributed by atoms with Crippen molar-refractivity contribution in [2.75, 3.05) is 0 Å². The van der Waals surface area contributed by atoms with Gasteiger partial charge in [-0.05, 0) is 79.9 Å². The van der Waals surface area contributed by atoms with E-state index in [1.165, 1.54) is 76.9 Å². The van der Waals surface area contributed by atoms with Gasteiger partial charge >= 0.3 is 0 Å². The molecule has 0 aliphatic rings. The lowest BCUT2D eigenvalue weighted by Crippen LogP contribution is -1.95. The summed E-state index contributed by atoms with van der Waals surface area (Å²) in [6.07, 6.45) is 1.91. The average Bonchev–Trinajstić information content (AvgIpc) is 3.65. The number of fused-ring (bicyclic) bond motifs is 10. The van der Waals surface area contributed by atoms with Gasteiger partial charge in [0.05, 0.1) is 39.6 Å². The van der Waals surface area contributed by atoms with Crippen molar-refractivity contribution in [2.45, 2.75) is 0 Å². The summed E-state index contributed by atoms with van der Waals surface area (Å²) in [7, 11) is 0. The first kappa shape index (κ1) is 33.3. The van der Waals surface area contributed by atoms with Crippen LogP contribution in [0.5, 0.6) is 0 Å². The molecular formula is C56H35N3. The molecule has 59 heavy (non-hydrogen) atoms. The van der Waals surface area contributed by atoms with Crippen molar-refractivity contribution in [3.05, 3.63) is 212 Å². The highest BCUT2D eigenvalue weighted by Gasteiger charge is 2.16.